The molecule has 0 bridgehead atoms. The van der Waals surface area contributed by atoms with Crippen LogP contribution in [-0.4, -0.2) is 82.9 Å². The zero-order chi connectivity index (χ0) is 37.2. The van der Waals surface area contributed by atoms with Crippen molar-refractivity contribution in [1.82, 2.24) is 9.80 Å². The first-order chi connectivity index (χ1) is 24.2. The quantitative estimate of drug-likeness (QED) is 0.119. The summed E-state index contributed by atoms with van der Waals surface area (Å²) in [6.45, 7) is 12.2. The van der Waals surface area contributed by atoms with Crippen LogP contribution in [0.4, 0.5) is 0 Å². The number of nitrogens with zero attached hydrogens (tertiary/aromatic N) is 2. The van der Waals surface area contributed by atoms with Crippen molar-refractivity contribution in [2.45, 2.75) is 51.0 Å². The maximum absolute atomic E-state index is 13.8. The van der Waals surface area contributed by atoms with Crippen LogP contribution in [-0.2, 0) is 38.2 Å². The van der Waals surface area contributed by atoms with Gasteiger partial charge in [0, 0.05) is 4.83 Å². The number of rotatable bonds is 15. The van der Waals surface area contributed by atoms with E-state index in [-0.39, 0.29) is 78.4 Å². The van der Waals surface area contributed by atoms with Gasteiger partial charge in [-0.1, -0.05) is 70.6 Å². The first-order valence-electron chi connectivity index (χ1n) is 17.6. The van der Waals surface area contributed by atoms with Crippen molar-refractivity contribution in [2.75, 3.05) is 26.3 Å². The van der Waals surface area contributed by atoms with Crippen LogP contribution in [0.1, 0.15) is 50.4 Å². The number of amides is 4. The number of carbonyl (C=O) groups is 6. The van der Waals surface area contributed by atoms with Crippen LogP contribution in [0.3, 0.4) is 0 Å². The second-order valence-corrected chi connectivity index (χ2v) is 15.8. The number of esters is 2. The maximum Gasteiger partial charge on any atom is 0.334 e. The Balaban J connectivity index is 1.21. The Bertz CT molecular complexity index is 1590. The number of ether oxygens (including phenoxy) is 2. The fraction of sp³-hybridized carbons (Fsp3) is 0.538. The van der Waals surface area contributed by atoms with Gasteiger partial charge in [0.05, 0.1) is 42.2 Å². The molecule has 10 unspecified atom stereocenters. The molecule has 2 saturated heterocycles. The number of imide groups is 2. The van der Waals surface area contributed by atoms with Gasteiger partial charge in [-0.15, -0.1) is 13.2 Å². The van der Waals surface area contributed by atoms with Crippen LogP contribution in [0.15, 0.2) is 67.8 Å². The highest BCUT2D eigenvalue weighted by atomic mass is 79.9. The normalized spacial score (nSPS) is 30.1. The van der Waals surface area contributed by atoms with E-state index in [1.54, 1.807) is 26.0 Å². The molecule has 2 saturated carbocycles. The minimum Gasteiger partial charge on any atom is -0.463 e. The van der Waals surface area contributed by atoms with Crippen molar-refractivity contribution < 1.29 is 43.3 Å². The van der Waals surface area contributed by atoms with Gasteiger partial charge in [-0.05, 0) is 69.3 Å². The van der Waals surface area contributed by atoms with Crippen molar-refractivity contribution in [2.24, 2.45) is 52.8 Å². The number of aliphatic hydroxyl groups is 1. The van der Waals surface area contributed by atoms with Crippen LogP contribution in [0.2, 0.25) is 0 Å². The largest absolute Gasteiger partial charge is 0.463 e. The molecule has 1 aromatic rings. The van der Waals surface area contributed by atoms with E-state index in [9.17, 15) is 33.9 Å². The maximum atomic E-state index is 13.8. The zero-order valence-electron chi connectivity index (χ0n) is 29.3. The van der Waals surface area contributed by atoms with Crippen LogP contribution < -0.4 is 0 Å². The van der Waals surface area contributed by atoms with E-state index in [1.807, 2.05) is 42.5 Å². The lowest BCUT2D eigenvalue weighted by Crippen LogP contribution is -2.37. The van der Waals surface area contributed by atoms with E-state index in [2.05, 4.69) is 29.1 Å². The molecule has 2 heterocycles. The molecule has 1 N–H and O–H groups in total. The third-order valence-corrected chi connectivity index (χ3v) is 11.8. The van der Waals surface area contributed by atoms with Gasteiger partial charge >= 0.3 is 11.9 Å². The monoisotopic (exact) mass is 766 g/mol. The first kappa shape index (κ1) is 38.3. The number of carbonyl (C=O) groups excluding carboxylic acids is 6. The highest BCUT2D eigenvalue weighted by Gasteiger charge is 2.59. The Morgan fingerprint density at radius 3 is 1.69 bits per heavy atom. The molecule has 5 rings (SSSR count). The number of allylic oxidation sites excluding steroid dienone is 4. The van der Waals surface area contributed by atoms with Crippen LogP contribution in [0.5, 0.6) is 0 Å². The molecule has 1 aromatic carbocycles. The molecule has 0 radical (unpaired) electrons. The molecule has 4 amide bonds. The summed E-state index contributed by atoms with van der Waals surface area (Å²) >= 11 is 3.67. The van der Waals surface area contributed by atoms with Crippen molar-refractivity contribution >= 4 is 51.5 Å². The first-order valence-corrected chi connectivity index (χ1v) is 18.5. The number of aliphatic hydroxyl groups excluding tert-OH is 1. The molecule has 51 heavy (non-hydrogen) atoms. The lowest BCUT2D eigenvalue weighted by Gasteiger charge is -2.26. The lowest BCUT2D eigenvalue weighted by molar-refractivity contribution is -0.157. The van der Waals surface area contributed by atoms with Gasteiger partial charge < -0.3 is 14.6 Å². The summed E-state index contributed by atoms with van der Waals surface area (Å²) in [6.07, 6.45) is 7.49. The molecule has 4 aliphatic rings. The summed E-state index contributed by atoms with van der Waals surface area (Å²) < 4.78 is 10.6. The Morgan fingerprint density at radius 2 is 1.25 bits per heavy atom. The number of benzene rings is 1. The summed E-state index contributed by atoms with van der Waals surface area (Å²) in [4.78, 5) is 81.2. The van der Waals surface area contributed by atoms with Gasteiger partial charge in [-0.25, -0.2) is 4.79 Å². The highest BCUT2D eigenvalue weighted by molar-refractivity contribution is 9.09. The average Bonchev–Trinajstić information content (AvgIpc) is 3.80. The third-order valence-electron chi connectivity index (χ3n) is 11.0. The molecule has 4 fully saturated rings. The van der Waals surface area contributed by atoms with Crippen LogP contribution >= 0.6 is 15.9 Å². The number of likely N-dealkylation sites (tertiary alicyclic amines) is 2. The van der Waals surface area contributed by atoms with Crippen LogP contribution in [0, 0.1) is 52.8 Å². The predicted octanol–water partition coefficient (Wildman–Crippen LogP) is 4.41. The molecular weight excluding hydrogens is 720 g/mol. The number of hydrogen-bond acceptors (Lipinski definition) is 9. The van der Waals surface area contributed by atoms with Crippen molar-refractivity contribution in [1.29, 1.82) is 0 Å². The number of hydrogen-bond donors (Lipinski definition) is 1. The number of alkyl halides is 1. The molecule has 11 nitrogen and oxygen atoms in total. The molecule has 0 spiro atoms. The predicted molar refractivity (Wildman–Crippen MR) is 190 cm³/mol. The fourth-order valence-corrected chi connectivity index (χ4v) is 9.38. The summed E-state index contributed by atoms with van der Waals surface area (Å²) in [7, 11) is 0. The van der Waals surface area contributed by atoms with Crippen molar-refractivity contribution in [3.63, 3.8) is 0 Å². The van der Waals surface area contributed by atoms with E-state index in [0.29, 0.717) is 19.3 Å². The summed E-state index contributed by atoms with van der Waals surface area (Å²) in [6, 6.07) is 9.77. The van der Waals surface area contributed by atoms with Crippen molar-refractivity contribution in [3.05, 3.63) is 73.4 Å². The topological polar surface area (TPSA) is 148 Å². The molecular formula is C39H47BrN2O9. The second kappa shape index (κ2) is 15.8. The van der Waals surface area contributed by atoms with E-state index < -0.39 is 47.1 Å². The minimum absolute atomic E-state index is 0.0461. The van der Waals surface area contributed by atoms with E-state index in [1.165, 1.54) is 11.8 Å². The van der Waals surface area contributed by atoms with Crippen molar-refractivity contribution in [3.8, 4) is 0 Å². The standard InChI is InChI=1S/C39H47BrN2O9/c1-6-23-19-26(31-29(23)33(44)41(35(31)46)15-17-50-37(48)22(3)43)13-14-27-20-24(7-2)30-32(27)36(47)42(34(30)45)16-18-51-38(49)39(4,5)21-28(40)25-11-9-8-10-12-25/h6-14,22-24,26-32,43H,1-2,15-21H2,3-5H3/b14-13-. The molecule has 2 aliphatic carbocycles. The van der Waals surface area contributed by atoms with Gasteiger partial charge in [0.1, 0.15) is 19.3 Å². The van der Waals surface area contributed by atoms with Gasteiger partial charge in [0.2, 0.25) is 23.6 Å². The third kappa shape index (κ3) is 7.67. The Morgan fingerprint density at radius 1 is 0.824 bits per heavy atom. The Labute approximate surface area is 307 Å². The highest BCUT2D eigenvalue weighted by Crippen LogP contribution is 2.51. The number of fused-ring (bicyclic) bond motifs is 2. The SMILES string of the molecule is C=CC1CC(/C=C\C2CC(C=C)C3C(=O)N(CCOC(=O)C(C)(C)CC(Br)c4ccccc4)C(=O)C23)C2C(=O)N(CCOC(=O)C(C)O)C(=O)C12. The molecule has 2 aliphatic heterocycles. The number of halogens is 1. The average molecular weight is 768 g/mol. The lowest BCUT2D eigenvalue weighted by atomic mass is 9.86. The second-order valence-electron chi connectivity index (χ2n) is 14.7. The van der Waals surface area contributed by atoms with Gasteiger partial charge in [0.25, 0.3) is 0 Å². The summed E-state index contributed by atoms with van der Waals surface area (Å²) in [5.41, 5.74) is 0.229. The Kier molecular flexibility index (Phi) is 11.9. The molecule has 0 aromatic heterocycles. The fourth-order valence-electron chi connectivity index (χ4n) is 8.27. The smallest absolute Gasteiger partial charge is 0.334 e. The zero-order valence-corrected chi connectivity index (χ0v) is 30.9. The van der Waals surface area contributed by atoms with Gasteiger partial charge in [-0.3, -0.25) is 33.8 Å². The van der Waals surface area contributed by atoms with E-state index >= 15 is 0 Å². The van der Waals surface area contributed by atoms with Gasteiger partial charge in [0.15, 0.2) is 0 Å². The van der Waals surface area contributed by atoms with Crippen LogP contribution in [0.25, 0.3) is 0 Å². The summed E-state index contributed by atoms with van der Waals surface area (Å²) in [5, 5.41) is 9.36. The van der Waals surface area contributed by atoms with E-state index in [4.69, 9.17) is 9.47 Å². The molecule has 274 valence electrons. The minimum atomic E-state index is -1.31. The Hall–Kier alpha value is -3.90. The van der Waals surface area contributed by atoms with Gasteiger partial charge in [-0.2, -0.15) is 0 Å². The molecule has 12 heteroatoms. The summed E-state index contributed by atoms with van der Waals surface area (Å²) in [5.74, 6) is -6.03. The molecule has 10 atom stereocenters. The van der Waals surface area contributed by atoms with E-state index in [0.717, 1.165) is 10.5 Å².